The summed E-state index contributed by atoms with van der Waals surface area (Å²) in [6.45, 7) is 5.50. The number of benzene rings is 1. The van der Waals surface area contributed by atoms with E-state index in [9.17, 15) is 14.4 Å². The predicted molar refractivity (Wildman–Crippen MR) is 98.4 cm³/mol. The van der Waals surface area contributed by atoms with Gasteiger partial charge >= 0.3 is 6.03 Å². The zero-order chi connectivity index (χ0) is 19.0. The average molecular weight is 348 g/mol. The summed E-state index contributed by atoms with van der Waals surface area (Å²) in [4.78, 5) is 37.5. The Kier molecular flexibility index (Phi) is 7.91. The summed E-state index contributed by atoms with van der Waals surface area (Å²) in [5.74, 6) is -0.295. The first-order chi connectivity index (χ1) is 11.7. The van der Waals surface area contributed by atoms with Crippen molar-refractivity contribution in [3.05, 3.63) is 29.8 Å². The third-order valence-corrected chi connectivity index (χ3v) is 3.85. The summed E-state index contributed by atoms with van der Waals surface area (Å²) >= 11 is 0. The zero-order valence-corrected chi connectivity index (χ0v) is 15.6. The maximum atomic E-state index is 12.2. The average Bonchev–Trinajstić information content (AvgIpc) is 2.55. The van der Waals surface area contributed by atoms with Gasteiger partial charge < -0.3 is 20.9 Å². The number of carbonyl (C=O) groups is 3. The maximum absolute atomic E-state index is 12.2. The van der Waals surface area contributed by atoms with Crippen LogP contribution in [0, 0.1) is 0 Å². The summed E-state index contributed by atoms with van der Waals surface area (Å²) in [7, 11) is 3.37. The Morgan fingerprint density at radius 1 is 1.08 bits per heavy atom. The number of hydrogen-bond donors (Lipinski definition) is 3. The van der Waals surface area contributed by atoms with Crippen molar-refractivity contribution >= 4 is 23.5 Å². The molecule has 3 N–H and O–H groups in total. The van der Waals surface area contributed by atoms with Gasteiger partial charge in [0.05, 0.1) is 6.42 Å². The predicted octanol–water partition coefficient (Wildman–Crippen LogP) is 1.74. The van der Waals surface area contributed by atoms with Crippen molar-refractivity contribution in [2.45, 2.75) is 45.7 Å². The second-order valence-electron chi connectivity index (χ2n) is 6.26. The van der Waals surface area contributed by atoms with Crippen molar-refractivity contribution in [2.75, 3.05) is 19.4 Å². The second kappa shape index (κ2) is 9.66. The summed E-state index contributed by atoms with van der Waals surface area (Å²) in [5.41, 5.74) is 1.26. The molecule has 0 saturated heterocycles. The zero-order valence-electron chi connectivity index (χ0n) is 15.6. The molecule has 0 aliphatic heterocycles. The minimum Gasteiger partial charge on any atom is -0.352 e. The Labute approximate surface area is 149 Å². The molecule has 0 aliphatic rings. The third kappa shape index (κ3) is 6.82. The van der Waals surface area contributed by atoms with Gasteiger partial charge in [-0.2, -0.15) is 0 Å². The van der Waals surface area contributed by atoms with Crippen LogP contribution in [0.15, 0.2) is 24.3 Å². The molecule has 7 heteroatoms. The van der Waals surface area contributed by atoms with Crippen molar-refractivity contribution in [3.8, 4) is 0 Å². The highest BCUT2D eigenvalue weighted by Gasteiger charge is 2.18. The first-order valence-corrected chi connectivity index (χ1v) is 8.40. The van der Waals surface area contributed by atoms with Crippen LogP contribution in [0.25, 0.3) is 0 Å². The van der Waals surface area contributed by atoms with E-state index in [0.29, 0.717) is 11.3 Å². The standard InChI is InChI=1S/C18H28N4O3/c1-6-12(2)19-17(24)13(3)20-18(25)21-15-10-8-7-9-14(15)11-16(23)22(4)5/h7-10,12-13H,6,11H2,1-5H3,(H,19,24)(H2,20,21,25)/t12-,13-/m1/s1. The molecule has 2 atom stereocenters. The summed E-state index contributed by atoms with van der Waals surface area (Å²) in [6, 6.07) is 6.00. The lowest BCUT2D eigenvalue weighted by Crippen LogP contribution is -2.48. The van der Waals surface area contributed by atoms with E-state index in [1.54, 1.807) is 39.2 Å². The van der Waals surface area contributed by atoms with Crippen LogP contribution < -0.4 is 16.0 Å². The molecule has 4 amide bonds. The van der Waals surface area contributed by atoms with Gasteiger partial charge in [0.1, 0.15) is 6.04 Å². The number of rotatable bonds is 7. The van der Waals surface area contributed by atoms with Crippen molar-refractivity contribution in [1.82, 2.24) is 15.5 Å². The molecule has 7 nitrogen and oxygen atoms in total. The molecule has 0 radical (unpaired) electrons. The number of anilines is 1. The third-order valence-electron chi connectivity index (χ3n) is 3.85. The number of likely N-dealkylation sites (N-methyl/N-ethyl adjacent to an activating group) is 1. The van der Waals surface area contributed by atoms with Crippen LogP contribution in [0.3, 0.4) is 0 Å². The van der Waals surface area contributed by atoms with E-state index < -0.39 is 12.1 Å². The van der Waals surface area contributed by atoms with Gasteiger partial charge in [0.2, 0.25) is 11.8 Å². The van der Waals surface area contributed by atoms with E-state index in [1.807, 2.05) is 19.9 Å². The molecule has 0 bridgehead atoms. The number of hydrogen-bond acceptors (Lipinski definition) is 3. The fraction of sp³-hybridized carbons (Fsp3) is 0.500. The first-order valence-electron chi connectivity index (χ1n) is 8.40. The Hall–Kier alpha value is -2.57. The van der Waals surface area contributed by atoms with E-state index in [1.165, 1.54) is 4.90 Å². The molecule has 0 unspecified atom stereocenters. The highest BCUT2D eigenvalue weighted by Crippen LogP contribution is 2.16. The lowest BCUT2D eigenvalue weighted by Gasteiger charge is -2.18. The molecule has 1 aromatic carbocycles. The van der Waals surface area contributed by atoms with Gasteiger partial charge in [-0.15, -0.1) is 0 Å². The number of urea groups is 1. The largest absolute Gasteiger partial charge is 0.352 e. The molecule has 1 aromatic rings. The van der Waals surface area contributed by atoms with Crippen LogP contribution >= 0.6 is 0 Å². The minimum atomic E-state index is -0.662. The Balaban J connectivity index is 2.68. The number of nitrogens with one attached hydrogen (secondary N) is 3. The molecule has 0 fully saturated rings. The first kappa shape index (κ1) is 20.5. The minimum absolute atomic E-state index is 0.0533. The van der Waals surface area contributed by atoms with Crippen molar-refractivity contribution in [3.63, 3.8) is 0 Å². The summed E-state index contributed by atoms with van der Waals surface area (Å²) in [6.07, 6.45) is 1.01. The maximum Gasteiger partial charge on any atom is 0.319 e. The second-order valence-corrected chi connectivity index (χ2v) is 6.26. The molecule has 0 spiro atoms. The van der Waals surface area contributed by atoms with Gasteiger partial charge in [0.15, 0.2) is 0 Å². The van der Waals surface area contributed by atoms with Crippen LogP contribution in [0.4, 0.5) is 10.5 Å². The molecular formula is C18H28N4O3. The SMILES string of the molecule is CC[C@@H](C)NC(=O)[C@@H](C)NC(=O)Nc1ccccc1CC(=O)N(C)C. The summed E-state index contributed by atoms with van der Waals surface area (Å²) < 4.78 is 0. The number of carbonyl (C=O) groups excluding carboxylic acids is 3. The smallest absolute Gasteiger partial charge is 0.319 e. The molecule has 1 rings (SSSR count). The van der Waals surface area contributed by atoms with Crippen LogP contribution in [0.1, 0.15) is 32.8 Å². The van der Waals surface area contributed by atoms with E-state index in [2.05, 4.69) is 16.0 Å². The van der Waals surface area contributed by atoms with E-state index in [-0.39, 0.29) is 24.3 Å². The van der Waals surface area contributed by atoms with Gasteiger partial charge in [-0.05, 0) is 31.9 Å². The van der Waals surface area contributed by atoms with Gasteiger partial charge in [0.25, 0.3) is 0 Å². The molecule has 0 aliphatic carbocycles. The van der Waals surface area contributed by atoms with Crippen LogP contribution in [0.2, 0.25) is 0 Å². The van der Waals surface area contributed by atoms with Crippen LogP contribution in [-0.2, 0) is 16.0 Å². The van der Waals surface area contributed by atoms with Crippen molar-refractivity contribution in [1.29, 1.82) is 0 Å². The van der Waals surface area contributed by atoms with Gasteiger partial charge in [-0.25, -0.2) is 4.79 Å². The fourth-order valence-corrected chi connectivity index (χ4v) is 2.01. The monoisotopic (exact) mass is 348 g/mol. The quantitative estimate of drug-likeness (QED) is 0.701. The van der Waals surface area contributed by atoms with E-state index >= 15 is 0 Å². The highest BCUT2D eigenvalue weighted by atomic mass is 16.2. The van der Waals surface area contributed by atoms with Crippen molar-refractivity contribution < 1.29 is 14.4 Å². The highest BCUT2D eigenvalue weighted by molar-refractivity contribution is 5.94. The van der Waals surface area contributed by atoms with Gasteiger partial charge in [-0.1, -0.05) is 25.1 Å². The Morgan fingerprint density at radius 3 is 2.32 bits per heavy atom. The normalized spacial score (nSPS) is 12.7. The molecule has 0 saturated carbocycles. The lowest BCUT2D eigenvalue weighted by atomic mass is 10.1. The molecule has 0 heterocycles. The molecule has 0 aromatic heterocycles. The van der Waals surface area contributed by atoms with E-state index in [0.717, 1.165) is 6.42 Å². The lowest BCUT2D eigenvalue weighted by molar-refractivity contribution is -0.128. The topological polar surface area (TPSA) is 90.5 Å². The van der Waals surface area contributed by atoms with Gasteiger partial charge in [0, 0.05) is 25.8 Å². The van der Waals surface area contributed by atoms with Crippen LogP contribution in [-0.4, -0.2) is 48.9 Å². The number of amides is 4. The number of nitrogens with zero attached hydrogens (tertiary/aromatic N) is 1. The van der Waals surface area contributed by atoms with E-state index in [4.69, 9.17) is 0 Å². The molecule has 25 heavy (non-hydrogen) atoms. The number of para-hydroxylation sites is 1. The Morgan fingerprint density at radius 2 is 1.72 bits per heavy atom. The molecule has 138 valence electrons. The summed E-state index contributed by atoms with van der Waals surface area (Å²) in [5, 5.41) is 8.13. The van der Waals surface area contributed by atoms with Crippen LogP contribution in [0.5, 0.6) is 0 Å². The molecular weight excluding hydrogens is 320 g/mol. The fourth-order valence-electron chi connectivity index (χ4n) is 2.01. The Bertz CT molecular complexity index is 616. The van der Waals surface area contributed by atoms with Crippen molar-refractivity contribution in [2.24, 2.45) is 0 Å². The van der Waals surface area contributed by atoms with Gasteiger partial charge in [-0.3, -0.25) is 9.59 Å².